The molecule has 128 valence electrons. The lowest BCUT2D eigenvalue weighted by molar-refractivity contribution is -0.142. The molecule has 2 atom stereocenters. The fraction of sp³-hybridized carbons (Fsp3) is 0.444. The van der Waals surface area contributed by atoms with Gasteiger partial charge in [-0.25, -0.2) is 9.59 Å². The molecule has 2 aliphatic heterocycles. The molecule has 0 unspecified atom stereocenters. The van der Waals surface area contributed by atoms with Crippen LogP contribution in [-0.4, -0.2) is 31.3 Å². The van der Waals surface area contributed by atoms with Crippen LogP contribution in [0, 0.1) is 6.92 Å². The molecule has 6 nitrogen and oxygen atoms in total. The number of amides is 2. The Morgan fingerprint density at radius 3 is 2.71 bits per heavy atom. The summed E-state index contributed by atoms with van der Waals surface area (Å²) >= 11 is 0. The molecule has 0 spiro atoms. The number of allylic oxidation sites excluding steroid dienone is 1. The summed E-state index contributed by atoms with van der Waals surface area (Å²) in [4.78, 5) is 24.4. The van der Waals surface area contributed by atoms with E-state index in [-0.39, 0.29) is 18.7 Å². The second-order valence-electron chi connectivity index (χ2n) is 6.21. The van der Waals surface area contributed by atoms with E-state index in [1.54, 1.807) is 6.92 Å². The van der Waals surface area contributed by atoms with Gasteiger partial charge >= 0.3 is 12.0 Å². The molecule has 2 N–H and O–H groups in total. The molecule has 6 heteroatoms. The summed E-state index contributed by atoms with van der Waals surface area (Å²) < 4.78 is 10.9. The highest BCUT2D eigenvalue weighted by atomic mass is 16.6. The Bertz CT molecular complexity index is 660. The second kappa shape index (κ2) is 7.05. The summed E-state index contributed by atoms with van der Waals surface area (Å²) in [5.74, 6) is -0.430. The van der Waals surface area contributed by atoms with E-state index in [0.29, 0.717) is 17.9 Å². The first kappa shape index (κ1) is 16.5. The van der Waals surface area contributed by atoms with Crippen LogP contribution in [0.4, 0.5) is 4.79 Å². The fourth-order valence-electron chi connectivity index (χ4n) is 3.00. The van der Waals surface area contributed by atoms with Crippen molar-refractivity contribution in [3.63, 3.8) is 0 Å². The van der Waals surface area contributed by atoms with E-state index in [4.69, 9.17) is 9.47 Å². The van der Waals surface area contributed by atoms with Crippen LogP contribution in [0.3, 0.4) is 0 Å². The van der Waals surface area contributed by atoms with Crippen LogP contribution in [0.15, 0.2) is 35.5 Å². The number of rotatable bonds is 4. The smallest absolute Gasteiger partial charge is 0.338 e. The monoisotopic (exact) mass is 330 g/mol. The molecule has 0 bridgehead atoms. The molecule has 1 aromatic carbocycles. The van der Waals surface area contributed by atoms with Gasteiger partial charge in [-0.05, 0) is 32.3 Å². The van der Waals surface area contributed by atoms with E-state index in [1.807, 2.05) is 31.2 Å². The number of ether oxygens (including phenoxy) is 2. The number of hydrogen-bond donors (Lipinski definition) is 2. The first-order chi connectivity index (χ1) is 11.5. The average molecular weight is 330 g/mol. The van der Waals surface area contributed by atoms with Gasteiger partial charge in [-0.1, -0.05) is 29.8 Å². The van der Waals surface area contributed by atoms with Gasteiger partial charge < -0.3 is 20.1 Å². The summed E-state index contributed by atoms with van der Waals surface area (Å²) in [5.41, 5.74) is 2.90. The maximum atomic E-state index is 12.6. The molecule has 2 amide bonds. The van der Waals surface area contributed by atoms with Gasteiger partial charge in [0.1, 0.15) is 6.61 Å². The lowest BCUT2D eigenvalue weighted by atomic mass is 9.95. The number of hydrogen-bond acceptors (Lipinski definition) is 4. The average Bonchev–Trinajstić information content (AvgIpc) is 3.06. The van der Waals surface area contributed by atoms with Crippen molar-refractivity contribution in [2.75, 3.05) is 13.2 Å². The van der Waals surface area contributed by atoms with Crippen LogP contribution in [0.5, 0.6) is 0 Å². The Kier molecular flexibility index (Phi) is 4.85. The minimum Gasteiger partial charge on any atom is -0.459 e. The number of urea groups is 1. The van der Waals surface area contributed by atoms with Crippen molar-refractivity contribution in [3.05, 3.63) is 46.7 Å². The van der Waals surface area contributed by atoms with Crippen molar-refractivity contribution in [3.8, 4) is 0 Å². The molecule has 0 aliphatic carbocycles. The maximum Gasteiger partial charge on any atom is 0.338 e. The molecule has 24 heavy (non-hydrogen) atoms. The molecule has 0 aromatic heterocycles. The first-order valence-corrected chi connectivity index (χ1v) is 8.18. The molecule has 1 saturated heterocycles. The van der Waals surface area contributed by atoms with Crippen LogP contribution in [-0.2, 0) is 14.3 Å². The van der Waals surface area contributed by atoms with Crippen LogP contribution in [0.25, 0.3) is 0 Å². The van der Waals surface area contributed by atoms with Gasteiger partial charge in [-0.3, -0.25) is 0 Å². The third kappa shape index (κ3) is 3.59. The zero-order valence-electron chi connectivity index (χ0n) is 13.9. The van der Waals surface area contributed by atoms with Gasteiger partial charge in [0, 0.05) is 12.3 Å². The SMILES string of the molecule is CC1=C(C(=O)OC[C@@H]2CCCO2)[C@H](c2ccc(C)cc2)NC(=O)N1. The number of benzene rings is 1. The van der Waals surface area contributed by atoms with E-state index in [2.05, 4.69) is 10.6 Å². The first-order valence-electron chi connectivity index (χ1n) is 8.18. The Morgan fingerprint density at radius 2 is 2.04 bits per heavy atom. The summed E-state index contributed by atoms with van der Waals surface area (Å²) in [7, 11) is 0. The van der Waals surface area contributed by atoms with E-state index < -0.39 is 12.0 Å². The zero-order valence-corrected chi connectivity index (χ0v) is 13.9. The third-order valence-corrected chi connectivity index (χ3v) is 4.32. The van der Waals surface area contributed by atoms with E-state index in [0.717, 1.165) is 24.0 Å². The highest BCUT2D eigenvalue weighted by Crippen LogP contribution is 2.28. The summed E-state index contributed by atoms with van der Waals surface area (Å²) in [6.07, 6.45) is 1.87. The van der Waals surface area contributed by atoms with E-state index in [1.165, 1.54) is 0 Å². The lowest BCUT2D eigenvalue weighted by Crippen LogP contribution is -2.45. The quantitative estimate of drug-likeness (QED) is 0.831. The van der Waals surface area contributed by atoms with Gasteiger partial charge in [-0.15, -0.1) is 0 Å². The van der Waals surface area contributed by atoms with Crippen molar-refractivity contribution >= 4 is 12.0 Å². The van der Waals surface area contributed by atoms with Gasteiger partial charge in [0.15, 0.2) is 0 Å². The van der Waals surface area contributed by atoms with E-state index in [9.17, 15) is 9.59 Å². The summed E-state index contributed by atoms with van der Waals surface area (Å²) in [6.45, 7) is 4.66. The van der Waals surface area contributed by atoms with Crippen molar-refractivity contribution in [1.29, 1.82) is 0 Å². The number of nitrogens with one attached hydrogen (secondary N) is 2. The molecule has 0 saturated carbocycles. The Labute approximate surface area is 141 Å². The minimum absolute atomic E-state index is 0.0289. The Hall–Kier alpha value is -2.34. The standard InChI is InChI=1S/C18H22N2O4/c1-11-5-7-13(8-6-11)16-15(12(2)19-18(22)20-16)17(21)24-10-14-4-3-9-23-14/h5-8,14,16H,3-4,9-10H2,1-2H3,(H2,19,20,22)/t14-,16-/m0/s1. The molecular weight excluding hydrogens is 308 g/mol. The maximum absolute atomic E-state index is 12.6. The molecule has 1 fully saturated rings. The predicted octanol–water partition coefficient (Wildman–Crippen LogP) is 2.35. The van der Waals surface area contributed by atoms with Crippen LogP contribution >= 0.6 is 0 Å². The van der Waals surface area contributed by atoms with Gasteiger partial charge in [-0.2, -0.15) is 0 Å². The largest absolute Gasteiger partial charge is 0.459 e. The fourth-order valence-corrected chi connectivity index (χ4v) is 3.00. The van der Waals surface area contributed by atoms with Crippen molar-refractivity contribution < 1.29 is 19.1 Å². The van der Waals surface area contributed by atoms with Crippen molar-refractivity contribution in [1.82, 2.24) is 10.6 Å². The van der Waals surface area contributed by atoms with Crippen LogP contribution in [0.1, 0.15) is 36.9 Å². The third-order valence-electron chi connectivity index (χ3n) is 4.32. The second-order valence-corrected chi connectivity index (χ2v) is 6.21. The molecule has 3 rings (SSSR count). The molecule has 1 aromatic rings. The highest BCUT2D eigenvalue weighted by Gasteiger charge is 2.32. The number of aryl methyl sites for hydroxylation is 1. The van der Waals surface area contributed by atoms with Crippen molar-refractivity contribution in [2.24, 2.45) is 0 Å². The Morgan fingerprint density at radius 1 is 1.29 bits per heavy atom. The molecule has 2 heterocycles. The van der Waals surface area contributed by atoms with Crippen LogP contribution in [0.2, 0.25) is 0 Å². The Balaban J connectivity index is 1.80. The van der Waals surface area contributed by atoms with Gasteiger partial charge in [0.2, 0.25) is 0 Å². The van der Waals surface area contributed by atoms with Gasteiger partial charge in [0.05, 0.1) is 17.7 Å². The topological polar surface area (TPSA) is 76.7 Å². The number of carbonyl (C=O) groups excluding carboxylic acids is 2. The molecular formula is C18H22N2O4. The summed E-state index contributed by atoms with van der Waals surface area (Å²) in [6, 6.07) is 6.88. The normalized spacial score (nSPS) is 23.7. The minimum atomic E-state index is -0.517. The zero-order chi connectivity index (χ0) is 17.1. The molecule has 2 aliphatic rings. The molecule has 0 radical (unpaired) electrons. The predicted molar refractivity (Wildman–Crippen MR) is 88.2 cm³/mol. The van der Waals surface area contributed by atoms with Crippen LogP contribution < -0.4 is 10.6 Å². The summed E-state index contributed by atoms with van der Waals surface area (Å²) in [5, 5.41) is 5.45. The number of esters is 1. The number of carbonyl (C=O) groups is 2. The van der Waals surface area contributed by atoms with E-state index >= 15 is 0 Å². The van der Waals surface area contributed by atoms with Gasteiger partial charge in [0.25, 0.3) is 0 Å². The van der Waals surface area contributed by atoms with Crippen molar-refractivity contribution in [2.45, 2.75) is 38.8 Å². The highest BCUT2D eigenvalue weighted by molar-refractivity contribution is 5.95. The lowest BCUT2D eigenvalue weighted by Gasteiger charge is -2.28.